The van der Waals surface area contributed by atoms with Crippen molar-refractivity contribution in [1.82, 2.24) is 0 Å². The van der Waals surface area contributed by atoms with Crippen molar-refractivity contribution in [2.24, 2.45) is 0 Å². The fraction of sp³-hybridized carbons (Fsp3) is 0. The average molecular weight is 731 g/mol. The Morgan fingerprint density at radius 1 is 0.441 bits per heavy atom. The molecule has 0 saturated heterocycles. The first-order chi connectivity index (χ1) is 16.6. The quantitative estimate of drug-likeness (QED) is 0.165. The maximum absolute atomic E-state index is 3.51. The van der Waals surface area contributed by atoms with Gasteiger partial charge in [-0.25, -0.2) is 0 Å². The number of benzene rings is 3. The maximum atomic E-state index is 3.51. The number of thiophene rings is 2. The summed E-state index contributed by atoms with van der Waals surface area (Å²) in [5.41, 5.74) is 0. The average Bonchev–Trinajstić information content (AvgIpc) is 3.47. The van der Waals surface area contributed by atoms with Crippen molar-refractivity contribution in [3.05, 3.63) is 126 Å². The summed E-state index contributed by atoms with van der Waals surface area (Å²) >= 11 is 15.3. The lowest BCUT2D eigenvalue weighted by molar-refractivity contribution is 1.43. The van der Waals surface area contributed by atoms with Gasteiger partial charge in [0.15, 0.2) is 0 Å². The van der Waals surface area contributed by atoms with Crippen LogP contribution in [0.2, 0.25) is 0 Å². The molecule has 34 heavy (non-hydrogen) atoms. The SMILES string of the molecule is Brc1cscc1Br.Brc1cscc1Sc1ccccc1.c1ccc(SSc2ccccc2)cc1. The van der Waals surface area contributed by atoms with Crippen LogP contribution < -0.4 is 0 Å². The molecule has 8 heteroatoms. The van der Waals surface area contributed by atoms with Gasteiger partial charge in [0, 0.05) is 54.5 Å². The molecular weight excluding hydrogens is 712 g/mol. The van der Waals surface area contributed by atoms with Gasteiger partial charge in [0.25, 0.3) is 0 Å². The summed E-state index contributed by atoms with van der Waals surface area (Å²) in [7, 11) is 3.58. The van der Waals surface area contributed by atoms with Gasteiger partial charge in [0.1, 0.15) is 0 Å². The van der Waals surface area contributed by atoms with Gasteiger partial charge in [0.05, 0.1) is 0 Å². The lowest BCUT2D eigenvalue weighted by atomic mass is 10.4. The molecule has 0 aliphatic carbocycles. The van der Waals surface area contributed by atoms with Gasteiger partial charge in [-0.1, -0.05) is 87.9 Å². The third-order valence-electron chi connectivity index (χ3n) is 3.84. The van der Waals surface area contributed by atoms with E-state index in [1.807, 2.05) is 29.0 Å². The summed E-state index contributed by atoms with van der Waals surface area (Å²) in [6.07, 6.45) is 0. The number of rotatable bonds is 5. The van der Waals surface area contributed by atoms with Gasteiger partial charge < -0.3 is 0 Å². The van der Waals surface area contributed by atoms with E-state index in [1.165, 1.54) is 24.1 Å². The predicted octanol–water partition coefficient (Wildman–Crippen LogP) is 12.4. The second-order valence-corrected chi connectivity index (χ2v) is 13.8. The highest BCUT2D eigenvalue weighted by Crippen LogP contribution is 2.37. The summed E-state index contributed by atoms with van der Waals surface area (Å²) in [6, 6.07) is 31.2. The second-order valence-electron chi connectivity index (χ2n) is 6.36. The molecule has 174 valence electrons. The Kier molecular flexibility index (Phi) is 13.5. The van der Waals surface area contributed by atoms with Crippen LogP contribution in [0.5, 0.6) is 0 Å². The van der Waals surface area contributed by atoms with Gasteiger partial charge in [-0.2, -0.15) is 22.7 Å². The van der Waals surface area contributed by atoms with E-state index in [4.69, 9.17) is 0 Å². The molecule has 5 rings (SSSR count). The molecule has 0 unspecified atom stereocenters. The fourth-order valence-electron chi connectivity index (χ4n) is 2.27. The van der Waals surface area contributed by atoms with Crippen LogP contribution in [0.25, 0.3) is 0 Å². The molecule has 0 bridgehead atoms. The van der Waals surface area contributed by atoms with Crippen LogP contribution in [-0.2, 0) is 0 Å². The Labute approximate surface area is 246 Å². The van der Waals surface area contributed by atoms with Crippen molar-refractivity contribution >= 4 is 104 Å². The zero-order chi connectivity index (χ0) is 24.0. The molecule has 2 heterocycles. The molecule has 0 aliphatic rings. The molecule has 0 nitrogen and oxygen atoms in total. The molecule has 0 saturated carbocycles. The van der Waals surface area contributed by atoms with E-state index in [9.17, 15) is 0 Å². The molecule has 0 fully saturated rings. The molecule has 5 aromatic rings. The lowest BCUT2D eigenvalue weighted by Crippen LogP contribution is -1.68. The summed E-state index contributed by atoms with van der Waals surface area (Å²) in [5, 5.41) is 8.32. The number of hydrogen-bond acceptors (Lipinski definition) is 5. The van der Waals surface area contributed by atoms with Crippen molar-refractivity contribution in [2.45, 2.75) is 19.6 Å². The van der Waals surface area contributed by atoms with Crippen molar-refractivity contribution in [3.63, 3.8) is 0 Å². The van der Waals surface area contributed by atoms with Crippen LogP contribution in [0.1, 0.15) is 0 Å². The zero-order valence-electron chi connectivity index (χ0n) is 17.6. The Morgan fingerprint density at radius 2 is 0.824 bits per heavy atom. The molecule has 2 aromatic heterocycles. The molecule has 3 aromatic carbocycles. The van der Waals surface area contributed by atoms with Crippen LogP contribution in [0.15, 0.2) is 146 Å². The lowest BCUT2D eigenvalue weighted by Gasteiger charge is -1.99. The van der Waals surface area contributed by atoms with Crippen molar-refractivity contribution in [2.75, 3.05) is 0 Å². The molecule has 0 amide bonds. The summed E-state index contributed by atoms with van der Waals surface area (Å²) < 4.78 is 3.46. The largest absolute Gasteiger partial charge is 0.150 e. The van der Waals surface area contributed by atoms with Crippen LogP contribution >= 0.6 is 104 Å². The minimum Gasteiger partial charge on any atom is -0.150 e. The minimum absolute atomic E-state index is 1.14. The van der Waals surface area contributed by atoms with Gasteiger partial charge in [-0.3, -0.25) is 0 Å². The van der Waals surface area contributed by atoms with E-state index < -0.39 is 0 Å². The molecule has 0 aliphatic heterocycles. The van der Waals surface area contributed by atoms with Crippen molar-refractivity contribution in [1.29, 1.82) is 0 Å². The summed E-state index contributed by atoms with van der Waals surface area (Å²) in [4.78, 5) is 5.15. The fourth-order valence-corrected chi connectivity index (χ4v) is 8.52. The van der Waals surface area contributed by atoms with E-state index in [0.29, 0.717) is 0 Å². The maximum Gasteiger partial charge on any atom is 0.0424 e. The van der Waals surface area contributed by atoms with E-state index in [2.05, 4.69) is 131 Å². The summed E-state index contributed by atoms with van der Waals surface area (Å²) in [6.45, 7) is 0. The van der Waals surface area contributed by atoms with Crippen molar-refractivity contribution < 1.29 is 0 Å². The van der Waals surface area contributed by atoms with Gasteiger partial charge in [0.2, 0.25) is 0 Å². The standard InChI is InChI=1S/C12H10S2.C10H7BrS2.C4H2Br2S/c1-3-7-11(8-4-1)13-14-12-9-5-2-6-10-12;11-9-6-12-7-10(9)13-8-4-2-1-3-5-8;5-3-1-7-2-4(3)6/h1-10H;1-7H;1-2H. The van der Waals surface area contributed by atoms with E-state index in [-0.39, 0.29) is 0 Å². The molecule has 0 atom stereocenters. The predicted molar refractivity (Wildman–Crippen MR) is 167 cm³/mol. The Balaban J connectivity index is 0.000000151. The van der Waals surface area contributed by atoms with Crippen LogP contribution in [0.3, 0.4) is 0 Å². The highest BCUT2D eigenvalue weighted by molar-refractivity contribution is 9.13. The monoisotopic (exact) mass is 728 g/mol. The van der Waals surface area contributed by atoms with Crippen LogP contribution in [-0.4, -0.2) is 0 Å². The Hall–Kier alpha value is -0.450. The number of hydrogen-bond donors (Lipinski definition) is 0. The number of halogens is 3. The second kappa shape index (κ2) is 16.3. The molecule has 0 radical (unpaired) electrons. The first-order valence-corrected chi connectivity index (χ1v) is 17.1. The molecular formula is C26H19Br3S5. The highest BCUT2D eigenvalue weighted by Gasteiger charge is 2.01. The van der Waals surface area contributed by atoms with Crippen LogP contribution in [0, 0.1) is 0 Å². The summed E-state index contributed by atoms with van der Waals surface area (Å²) in [5.74, 6) is 0. The third-order valence-corrected chi connectivity index (χ3v) is 12.6. The van der Waals surface area contributed by atoms with Gasteiger partial charge >= 0.3 is 0 Å². The normalized spacial score (nSPS) is 9.97. The third kappa shape index (κ3) is 10.7. The first-order valence-electron chi connectivity index (χ1n) is 9.88. The van der Waals surface area contributed by atoms with E-state index in [1.54, 1.807) is 56.0 Å². The smallest absolute Gasteiger partial charge is 0.0424 e. The minimum atomic E-state index is 1.14. The van der Waals surface area contributed by atoms with Crippen LogP contribution in [0.4, 0.5) is 0 Å². The van der Waals surface area contributed by atoms with E-state index >= 15 is 0 Å². The topological polar surface area (TPSA) is 0 Å². The van der Waals surface area contributed by atoms with E-state index in [0.717, 1.165) is 8.95 Å². The highest BCUT2D eigenvalue weighted by atomic mass is 79.9. The molecule has 0 N–H and O–H groups in total. The zero-order valence-corrected chi connectivity index (χ0v) is 26.5. The van der Waals surface area contributed by atoms with Gasteiger partial charge in [-0.15, -0.1) is 0 Å². The van der Waals surface area contributed by atoms with Crippen molar-refractivity contribution in [3.8, 4) is 0 Å². The Morgan fingerprint density at radius 3 is 1.18 bits per heavy atom. The first kappa shape index (κ1) is 28.1. The van der Waals surface area contributed by atoms with Gasteiger partial charge in [-0.05, 0) is 84.2 Å². The Bertz CT molecular complexity index is 1150. The molecule has 0 spiro atoms.